The fourth-order valence-electron chi connectivity index (χ4n) is 3.09. The number of aromatic nitrogens is 4. The van der Waals surface area contributed by atoms with E-state index in [0.717, 1.165) is 11.0 Å². The molecule has 0 radical (unpaired) electrons. The SMILES string of the molecule is CC1=CC(c2cccnc2)=CNC1(n1cnn(C/C(=C/F)CN)c1=O)C(F)(F)F. The molecule has 2 aromatic heterocycles. The summed E-state index contributed by atoms with van der Waals surface area (Å²) in [5.74, 6) is 0. The Morgan fingerprint density at radius 1 is 1.41 bits per heavy atom. The van der Waals surface area contributed by atoms with Gasteiger partial charge < -0.3 is 11.1 Å². The summed E-state index contributed by atoms with van der Waals surface area (Å²) >= 11 is 0. The average Bonchev–Trinajstić information content (AvgIpc) is 3.06. The summed E-state index contributed by atoms with van der Waals surface area (Å²) < 4.78 is 56.6. The van der Waals surface area contributed by atoms with E-state index < -0.39 is 17.5 Å². The zero-order valence-corrected chi connectivity index (χ0v) is 15.3. The van der Waals surface area contributed by atoms with Crippen LogP contribution < -0.4 is 16.7 Å². The van der Waals surface area contributed by atoms with Gasteiger partial charge in [-0.3, -0.25) is 4.98 Å². The number of alkyl halides is 3. The molecule has 7 nitrogen and oxygen atoms in total. The molecule has 2 aromatic rings. The van der Waals surface area contributed by atoms with Crippen molar-refractivity contribution in [2.45, 2.75) is 25.3 Å². The number of allylic oxidation sites excluding steroid dienone is 2. The van der Waals surface area contributed by atoms with Crippen LogP contribution in [0.5, 0.6) is 0 Å². The number of nitrogens with zero attached hydrogens (tertiary/aromatic N) is 4. The van der Waals surface area contributed by atoms with Crippen LogP contribution in [0.1, 0.15) is 12.5 Å². The molecule has 11 heteroatoms. The molecule has 0 amide bonds. The van der Waals surface area contributed by atoms with E-state index in [-0.39, 0.29) is 30.6 Å². The van der Waals surface area contributed by atoms with E-state index in [1.807, 2.05) is 0 Å². The van der Waals surface area contributed by atoms with Gasteiger partial charge in [0, 0.05) is 30.7 Å². The van der Waals surface area contributed by atoms with Crippen LogP contribution in [0.4, 0.5) is 17.6 Å². The van der Waals surface area contributed by atoms with Crippen LogP contribution >= 0.6 is 0 Å². The molecule has 1 atom stereocenters. The molecule has 0 aliphatic carbocycles. The minimum Gasteiger partial charge on any atom is -0.357 e. The van der Waals surface area contributed by atoms with Crippen molar-refractivity contribution in [2.75, 3.05) is 6.54 Å². The van der Waals surface area contributed by atoms with E-state index in [4.69, 9.17) is 5.73 Å². The van der Waals surface area contributed by atoms with Crippen molar-refractivity contribution in [3.05, 3.63) is 76.7 Å². The first-order chi connectivity index (χ1) is 13.7. The number of dihydropyridines is 1. The lowest BCUT2D eigenvalue weighted by molar-refractivity contribution is -0.210. The molecule has 3 N–H and O–H groups in total. The molecule has 3 rings (SSSR count). The monoisotopic (exact) mass is 410 g/mol. The third-order valence-corrected chi connectivity index (χ3v) is 4.65. The van der Waals surface area contributed by atoms with Gasteiger partial charge in [-0.05, 0) is 35.8 Å². The molecule has 1 aliphatic heterocycles. The maximum atomic E-state index is 14.2. The second-order valence-electron chi connectivity index (χ2n) is 6.43. The summed E-state index contributed by atoms with van der Waals surface area (Å²) in [6.07, 6.45) is 1.67. The third kappa shape index (κ3) is 3.48. The Balaban J connectivity index is 2.08. The van der Waals surface area contributed by atoms with E-state index in [1.165, 1.54) is 25.4 Å². The number of nitrogens with two attached hydrogens (primary N) is 1. The maximum absolute atomic E-state index is 14.2. The Labute approximate surface area is 162 Å². The number of pyridine rings is 1. The van der Waals surface area contributed by atoms with Crippen LogP contribution in [-0.4, -0.2) is 32.1 Å². The van der Waals surface area contributed by atoms with Gasteiger partial charge in [-0.15, -0.1) is 0 Å². The van der Waals surface area contributed by atoms with Crippen LogP contribution in [0.2, 0.25) is 0 Å². The first-order valence-corrected chi connectivity index (χ1v) is 8.51. The molecule has 3 heterocycles. The molecule has 0 bridgehead atoms. The zero-order valence-electron chi connectivity index (χ0n) is 15.3. The highest BCUT2D eigenvalue weighted by atomic mass is 19.4. The van der Waals surface area contributed by atoms with Crippen molar-refractivity contribution in [3.8, 4) is 0 Å². The lowest BCUT2D eigenvalue weighted by Gasteiger charge is -2.39. The Kier molecular flexibility index (Phi) is 5.42. The van der Waals surface area contributed by atoms with E-state index >= 15 is 0 Å². The van der Waals surface area contributed by atoms with Crippen molar-refractivity contribution in [1.29, 1.82) is 0 Å². The van der Waals surface area contributed by atoms with Crippen LogP contribution in [0.3, 0.4) is 0 Å². The molecule has 0 fully saturated rings. The topological polar surface area (TPSA) is 90.8 Å². The van der Waals surface area contributed by atoms with E-state index in [1.54, 1.807) is 18.3 Å². The van der Waals surface area contributed by atoms with Crippen molar-refractivity contribution in [2.24, 2.45) is 5.73 Å². The lowest BCUT2D eigenvalue weighted by Crippen LogP contribution is -2.61. The fourth-order valence-corrected chi connectivity index (χ4v) is 3.09. The minimum atomic E-state index is -4.88. The van der Waals surface area contributed by atoms with Gasteiger partial charge in [-0.2, -0.15) is 18.3 Å². The van der Waals surface area contributed by atoms with Gasteiger partial charge in [0.2, 0.25) is 5.66 Å². The predicted molar refractivity (Wildman–Crippen MR) is 97.9 cm³/mol. The number of halogens is 4. The van der Waals surface area contributed by atoms with Crippen molar-refractivity contribution in [1.82, 2.24) is 24.6 Å². The van der Waals surface area contributed by atoms with Crippen LogP contribution in [0, 0.1) is 0 Å². The largest absolute Gasteiger partial charge is 0.435 e. The standard InChI is InChI=1S/C18H18F4N6O/c1-12-5-15(14-3-2-4-24-8-14)9-25-17(12,18(20,21)22)27-11-26-28(16(27)29)10-13(6-19)7-23/h2-6,8-9,11,25H,7,10,23H2,1H3/b13-6+. The van der Waals surface area contributed by atoms with Gasteiger partial charge in [0.05, 0.1) is 12.9 Å². The Bertz CT molecular complexity index is 1030. The summed E-state index contributed by atoms with van der Waals surface area (Å²) in [5.41, 5.74) is 2.37. The highest BCUT2D eigenvalue weighted by Gasteiger charge is 2.59. The Hall–Kier alpha value is -3.21. The third-order valence-electron chi connectivity index (χ3n) is 4.65. The van der Waals surface area contributed by atoms with Gasteiger partial charge >= 0.3 is 11.9 Å². The van der Waals surface area contributed by atoms with Crippen molar-refractivity contribution in [3.63, 3.8) is 0 Å². The van der Waals surface area contributed by atoms with Gasteiger partial charge in [0.1, 0.15) is 6.33 Å². The molecule has 0 saturated heterocycles. The number of hydrogen-bond acceptors (Lipinski definition) is 5. The van der Waals surface area contributed by atoms with Gasteiger partial charge in [0.25, 0.3) is 0 Å². The molecule has 29 heavy (non-hydrogen) atoms. The van der Waals surface area contributed by atoms with Crippen LogP contribution in [0.15, 0.2) is 65.4 Å². The van der Waals surface area contributed by atoms with Crippen LogP contribution in [0.25, 0.3) is 5.57 Å². The molecule has 1 unspecified atom stereocenters. The summed E-state index contributed by atoms with van der Waals surface area (Å²) in [7, 11) is 0. The van der Waals surface area contributed by atoms with Gasteiger partial charge in [-0.25, -0.2) is 18.4 Å². The van der Waals surface area contributed by atoms with Crippen LogP contribution in [-0.2, 0) is 12.2 Å². The van der Waals surface area contributed by atoms with E-state index in [9.17, 15) is 22.4 Å². The molecule has 1 aliphatic rings. The van der Waals surface area contributed by atoms with Gasteiger partial charge in [-0.1, -0.05) is 6.07 Å². The first-order valence-electron chi connectivity index (χ1n) is 8.51. The Morgan fingerprint density at radius 2 is 2.17 bits per heavy atom. The molecule has 0 saturated carbocycles. The molecular weight excluding hydrogens is 392 g/mol. The molecule has 0 spiro atoms. The summed E-state index contributed by atoms with van der Waals surface area (Å²) in [6, 6.07) is 3.36. The summed E-state index contributed by atoms with van der Waals surface area (Å²) in [4.78, 5) is 16.6. The fraction of sp³-hybridized carbons (Fsp3) is 0.278. The van der Waals surface area contributed by atoms with Crippen molar-refractivity contribution < 1.29 is 17.6 Å². The predicted octanol–water partition coefficient (Wildman–Crippen LogP) is 2.06. The second-order valence-corrected chi connectivity index (χ2v) is 6.43. The van der Waals surface area contributed by atoms with E-state index in [0.29, 0.717) is 15.7 Å². The number of rotatable bonds is 5. The highest BCUT2D eigenvalue weighted by molar-refractivity contribution is 5.75. The Morgan fingerprint density at radius 3 is 2.72 bits per heavy atom. The number of nitrogens with one attached hydrogen (secondary N) is 1. The first kappa shape index (κ1) is 20.5. The average molecular weight is 410 g/mol. The second kappa shape index (κ2) is 7.66. The molecule has 154 valence electrons. The summed E-state index contributed by atoms with van der Waals surface area (Å²) in [6.45, 7) is 0.710. The maximum Gasteiger partial charge on any atom is 0.435 e. The highest BCUT2D eigenvalue weighted by Crippen LogP contribution is 2.42. The zero-order chi connectivity index (χ0) is 21.2. The lowest BCUT2D eigenvalue weighted by atomic mass is 9.92. The minimum absolute atomic E-state index is 0.0148. The number of hydrogen-bond donors (Lipinski definition) is 2. The smallest absolute Gasteiger partial charge is 0.357 e. The normalized spacial score (nSPS) is 20.1. The summed E-state index contributed by atoms with van der Waals surface area (Å²) in [5, 5.41) is 6.04. The van der Waals surface area contributed by atoms with E-state index in [2.05, 4.69) is 15.4 Å². The van der Waals surface area contributed by atoms with Gasteiger partial charge in [0.15, 0.2) is 0 Å². The molecule has 0 aromatic carbocycles. The van der Waals surface area contributed by atoms with Crippen molar-refractivity contribution >= 4 is 5.57 Å². The molecular formula is C18H18F4N6O. The quantitative estimate of drug-likeness (QED) is 0.737.